The molecule has 38 heavy (non-hydrogen) atoms. The molecule has 0 unspecified atom stereocenters. The Bertz CT molecular complexity index is 1520. The number of rotatable bonds is 8. The van der Waals surface area contributed by atoms with Crippen LogP contribution in [0.4, 0.5) is 22.6 Å². The van der Waals surface area contributed by atoms with Crippen molar-refractivity contribution in [3.05, 3.63) is 54.4 Å². The third kappa shape index (κ3) is 5.86. The zero-order chi connectivity index (χ0) is 26.7. The monoisotopic (exact) mass is 551 g/mol. The third-order valence-corrected chi connectivity index (χ3v) is 8.72. The Balaban J connectivity index is 1.40. The second-order valence-corrected chi connectivity index (χ2v) is 12.2. The van der Waals surface area contributed by atoms with Crippen LogP contribution in [0.5, 0.6) is 5.75 Å². The molecule has 2 N–H and O–H groups in total. The number of nitrogens with one attached hydrogen (secondary N) is 2. The van der Waals surface area contributed by atoms with Gasteiger partial charge in [0.2, 0.25) is 5.95 Å². The van der Waals surface area contributed by atoms with Crippen LogP contribution >= 0.6 is 11.3 Å². The molecule has 0 aliphatic carbocycles. The Morgan fingerprint density at radius 2 is 1.89 bits per heavy atom. The molecule has 0 amide bonds. The first-order valence-corrected chi connectivity index (χ1v) is 14.9. The minimum Gasteiger partial charge on any atom is -0.497 e. The number of hydrogen-bond acceptors (Lipinski definition) is 11. The highest BCUT2D eigenvalue weighted by Crippen LogP contribution is 2.39. The van der Waals surface area contributed by atoms with Crippen LogP contribution in [0.3, 0.4) is 0 Å². The molecule has 0 bridgehead atoms. The highest BCUT2D eigenvalue weighted by Gasteiger charge is 2.22. The van der Waals surface area contributed by atoms with E-state index in [0.29, 0.717) is 19.0 Å². The second kappa shape index (κ2) is 10.9. The summed E-state index contributed by atoms with van der Waals surface area (Å²) in [6, 6.07) is 11.7. The molecule has 1 saturated heterocycles. The maximum absolute atomic E-state index is 11.7. The maximum Gasteiger partial charge on any atom is 0.227 e. The van der Waals surface area contributed by atoms with Gasteiger partial charge in [0.05, 0.1) is 46.8 Å². The van der Waals surface area contributed by atoms with Gasteiger partial charge in [0.25, 0.3) is 0 Å². The number of aromatic nitrogens is 4. The van der Waals surface area contributed by atoms with Crippen molar-refractivity contribution < 1.29 is 13.2 Å². The van der Waals surface area contributed by atoms with E-state index in [9.17, 15) is 8.42 Å². The van der Waals surface area contributed by atoms with Crippen LogP contribution in [0.2, 0.25) is 0 Å². The van der Waals surface area contributed by atoms with Gasteiger partial charge in [-0.3, -0.25) is 0 Å². The van der Waals surface area contributed by atoms with E-state index in [-0.39, 0.29) is 11.5 Å². The standard InChI is InChI=1S/C26H29N7O3S2/c1-4-27-26-32-23(18-13-17(2)14-20(15-18)36-3)24(37-26)21-7-8-28-25(31-21)30-19-5-6-22(29-16-19)33-9-11-38(34,35)12-10-33/h5-8,13-16H,4,9-12H2,1-3H3,(H,27,32)(H,28,30,31). The number of methoxy groups -OCH3 is 1. The summed E-state index contributed by atoms with van der Waals surface area (Å²) in [5.41, 5.74) is 4.34. The maximum atomic E-state index is 11.7. The molecular weight excluding hydrogens is 522 g/mol. The summed E-state index contributed by atoms with van der Waals surface area (Å²) in [7, 11) is -1.28. The van der Waals surface area contributed by atoms with Gasteiger partial charge in [-0.15, -0.1) is 0 Å². The molecule has 1 fully saturated rings. The quantitative estimate of drug-likeness (QED) is 0.326. The predicted octanol–water partition coefficient (Wildman–Crippen LogP) is 4.39. The zero-order valence-electron chi connectivity index (χ0n) is 21.4. The van der Waals surface area contributed by atoms with Crippen molar-refractivity contribution >= 4 is 43.8 Å². The Labute approximate surface area is 226 Å². The summed E-state index contributed by atoms with van der Waals surface area (Å²) in [5.74, 6) is 2.27. The normalized spacial score (nSPS) is 14.8. The molecule has 1 aliphatic heterocycles. The van der Waals surface area contributed by atoms with Crippen molar-refractivity contribution in [3.8, 4) is 27.6 Å². The van der Waals surface area contributed by atoms with Gasteiger partial charge in [0, 0.05) is 31.4 Å². The van der Waals surface area contributed by atoms with Crippen LogP contribution in [0, 0.1) is 6.92 Å². The van der Waals surface area contributed by atoms with Crippen LogP contribution in [-0.4, -0.2) is 66.6 Å². The van der Waals surface area contributed by atoms with Gasteiger partial charge >= 0.3 is 0 Å². The summed E-state index contributed by atoms with van der Waals surface area (Å²) in [4.78, 5) is 21.5. The Kier molecular flexibility index (Phi) is 7.43. The average molecular weight is 552 g/mol. The van der Waals surface area contributed by atoms with Crippen molar-refractivity contribution in [1.82, 2.24) is 19.9 Å². The number of thiazole rings is 1. The Morgan fingerprint density at radius 3 is 2.61 bits per heavy atom. The lowest BCUT2D eigenvalue weighted by atomic mass is 10.1. The van der Waals surface area contributed by atoms with Crippen LogP contribution in [0.25, 0.3) is 21.8 Å². The van der Waals surface area contributed by atoms with Gasteiger partial charge in [0.1, 0.15) is 11.6 Å². The number of nitrogens with zero attached hydrogens (tertiary/aromatic N) is 5. The van der Waals surface area contributed by atoms with Crippen molar-refractivity contribution in [1.29, 1.82) is 0 Å². The lowest BCUT2D eigenvalue weighted by molar-refractivity contribution is 0.414. The molecule has 0 saturated carbocycles. The molecule has 5 rings (SSSR count). The molecule has 1 aromatic carbocycles. The molecule has 4 aromatic rings. The van der Waals surface area contributed by atoms with Gasteiger partial charge in [0.15, 0.2) is 15.0 Å². The van der Waals surface area contributed by atoms with E-state index in [1.165, 1.54) is 0 Å². The van der Waals surface area contributed by atoms with Crippen molar-refractivity contribution in [3.63, 3.8) is 0 Å². The summed E-state index contributed by atoms with van der Waals surface area (Å²) < 4.78 is 28.9. The molecule has 0 radical (unpaired) electrons. The number of aryl methyl sites for hydroxylation is 1. The van der Waals surface area contributed by atoms with Crippen LogP contribution in [0.15, 0.2) is 48.8 Å². The van der Waals surface area contributed by atoms with E-state index in [1.807, 2.05) is 49.1 Å². The number of anilines is 4. The largest absolute Gasteiger partial charge is 0.497 e. The number of ether oxygens (including phenoxy) is 1. The molecular formula is C26H29N7O3S2. The van der Waals surface area contributed by atoms with Crippen molar-refractivity contribution in [2.24, 2.45) is 0 Å². The number of sulfone groups is 1. The van der Waals surface area contributed by atoms with Gasteiger partial charge in [-0.25, -0.2) is 28.4 Å². The lowest BCUT2D eigenvalue weighted by Crippen LogP contribution is -2.40. The minimum absolute atomic E-state index is 0.152. The topological polar surface area (TPSA) is 122 Å². The molecule has 0 atom stereocenters. The fraction of sp³-hybridized carbons (Fsp3) is 0.308. The highest BCUT2D eigenvalue weighted by atomic mass is 32.2. The van der Waals surface area contributed by atoms with E-state index >= 15 is 0 Å². The van der Waals surface area contributed by atoms with Crippen LogP contribution in [-0.2, 0) is 9.84 Å². The van der Waals surface area contributed by atoms with Crippen LogP contribution in [0.1, 0.15) is 12.5 Å². The molecule has 0 spiro atoms. The SMILES string of the molecule is CCNc1nc(-c2cc(C)cc(OC)c2)c(-c2ccnc(Nc3ccc(N4CCS(=O)(=O)CC4)nc3)n2)s1. The van der Waals surface area contributed by atoms with Crippen molar-refractivity contribution in [2.75, 3.05) is 53.8 Å². The molecule has 3 aromatic heterocycles. The molecule has 10 nitrogen and oxygen atoms in total. The Morgan fingerprint density at radius 1 is 1.08 bits per heavy atom. The molecule has 4 heterocycles. The van der Waals surface area contributed by atoms with Gasteiger partial charge in [-0.05, 0) is 55.8 Å². The highest BCUT2D eigenvalue weighted by molar-refractivity contribution is 7.91. The molecule has 12 heteroatoms. The summed E-state index contributed by atoms with van der Waals surface area (Å²) in [6.45, 7) is 5.73. The van der Waals surface area contributed by atoms with E-state index in [4.69, 9.17) is 14.7 Å². The summed E-state index contributed by atoms with van der Waals surface area (Å²) in [5, 5.41) is 7.36. The lowest BCUT2D eigenvalue weighted by Gasteiger charge is -2.27. The smallest absolute Gasteiger partial charge is 0.227 e. The fourth-order valence-corrected chi connectivity index (χ4v) is 6.41. The number of benzene rings is 1. The first-order chi connectivity index (χ1) is 18.3. The first kappa shape index (κ1) is 25.9. The summed E-state index contributed by atoms with van der Waals surface area (Å²) in [6.07, 6.45) is 3.42. The number of hydrogen-bond donors (Lipinski definition) is 2. The second-order valence-electron chi connectivity index (χ2n) is 8.90. The van der Waals surface area contributed by atoms with Gasteiger partial charge in [-0.2, -0.15) is 0 Å². The van der Waals surface area contributed by atoms with E-state index < -0.39 is 9.84 Å². The van der Waals surface area contributed by atoms with Crippen LogP contribution < -0.4 is 20.3 Å². The summed E-state index contributed by atoms with van der Waals surface area (Å²) >= 11 is 1.54. The average Bonchev–Trinajstić information content (AvgIpc) is 3.33. The predicted molar refractivity (Wildman–Crippen MR) is 152 cm³/mol. The zero-order valence-corrected chi connectivity index (χ0v) is 23.1. The van der Waals surface area contributed by atoms with Gasteiger partial charge < -0.3 is 20.3 Å². The molecule has 1 aliphatic rings. The first-order valence-electron chi connectivity index (χ1n) is 12.3. The van der Waals surface area contributed by atoms with E-state index in [2.05, 4.69) is 26.7 Å². The minimum atomic E-state index is -2.94. The third-order valence-electron chi connectivity index (χ3n) is 6.08. The van der Waals surface area contributed by atoms with Crippen molar-refractivity contribution in [2.45, 2.75) is 13.8 Å². The Hall–Kier alpha value is -3.77. The van der Waals surface area contributed by atoms with E-state index in [1.54, 1.807) is 30.8 Å². The van der Waals surface area contributed by atoms with E-state index in [0.717, 1.165) is 56.3 Å². The van der Waals surface area contributed by atoms with Gasteiger partial charge in [-0.1, -0.05) is 11.3 Å². The molecule has 198 valence electrons. The number of pyridine rings is 1. The fourth-order valence-electron chi connectivity index (χ4n) is 4.18.